The number of likely N-dealkylation sites (tertiary alicyclic amines) is 1. The summed E-state index contributed by atoms with van der Waals surface area (Å²) in [7, 11) is 0. The molecule has 3 rings (SSSR count). The zero-order valence-electron chi connectivity index (χ0n) is 19.9. The fraction of sp³-hybridized carbons (Fsp3) is 0.625. The monoisotopic (exact) mass is 571 g/mol. The van der Waals surface area contributed by atoms with Gasteiger partial charge < -0.3 is 24.8 Å². The van der Waals surface area contributed by atoms with Crippen LogP contribution in [-0.4, -0.2) is 86.6 Å². The Kier molecular flexibility index (Phi) is 11.8. The van der Waals surface area contributed by atoms with E-state index in [1.807, 2.05) is 36.9 Å². The Morgan fingerprint density at radius 3 is 2.45 bits per heavy atom. The van der Waals surface area contributed by atoms with Gasteiger partial charge >= 0.3 is 5.97 Å². The van der Waals surface area contributed by atoms with E-state index in [4.69, 9.17) is 9.73 Å². The van der Waals surface area contributed by atoms with Crippen molar-refractivity contribution >= 4 is 47.5 Å². The molecule has 0 bridgehead atoms. The number of nitrogens with one attached hydrogen (secondary N) is 1. The molecule has 0 spiro atoms. The van der Waals surface area contributed by atoms with E-state index in [9.17, 15) is 9.59 Å². The van der Waals surface area contributed by atoms with Crippen molar-refractivity contribution in [1.82, 2.24) is 15.1 Å². The maximum absolute atomic E-state index is 12.7. The second kappa shape index (κ2) is 14.3. The molecule has 0 aromatic heterocycles. The van der Waals surface area contributed by atoms with Gasteiger partial charge in [-0.05, 0) is 38.8 Å². The average Bonchev–Trinajstić information content (AvgIpc) is 2.84. The molecule has 33 heavy (non-hydrogen) atoms. The SMILES string of the molecule is CCNC(=NCCC(=O)N1CCN(c2ccccc2)CC1)N1CCCC(C(=O)OCC)C1.I. The van der Waals surface area contributed by atoms with Crippen LogP contribution in [0, 0.1) is 5.92 Å². The number of esters is 1. The molecule has 2 aliphatic heterocycles. The number of piperazine rings is 1. The molecule has 1 aromatic rings. The summed E-state index contributed by atoms with van der Waals surface area (Å²) in [6, 6.07) is 10.3. The third-order valence-electron chi connectivity index (χ3n) is 6.02. The number of guanidine groups is 1. The minimum atomic E-state index is -0.127. The van der Waals surface area contributed by atoms with E-state index in [0.29, 0.717) is 26.1 Å². The second-order valence-corrected chi connectivity index (χ2v) is 8.23. The van der Waals surface area contributed by atoms with E-state index >= 15 is 0 Å². The van der Waals surface area contributed by atoms with Gasteiger partial charge in [0.1, 0.15) is 0 Å². The van der Waals surface area contributed by atoms with Crippen LogP contribution in [0.5, 0.6) is 0 Å². The highest BCUT2D eigenvalue weighted by molar-refractivity contribution is 14.0. The number of halogens is 1. The van der Waals surface area contributed by atoms with Crippen molar-refractivity contribution in [3.05, 3.63) is 30.3 Å². The molecule has 0 radical (unpaired) electrons. The molecule has 9 heteroatoms. The molecule has 1 N–H and O–H groups in total. The van der Waals surface area contributed by atoms with Crippen molar-refractivity contribution < 1.29 is 14.3 Å². The molecule has 2 heterocycles. The van der Waals surface area contributed by atoms with E-state index in [2.05, 4.69) is 27.2 Å². The molecule has 1 amide bonds. The van der Waals surface area contributed by atoms with Crippen molar-refractivity contribution in [2.75, 3.05) is 63.9 Å². The summed E-state index contributed by atoms with van der Waals surface area (Å²) < 4.78 is 5.21. The van der Waals surface area contributed by atoms with Gasteiger partial charge in [-0.1, -0.05) is 18.2 Å². The number of carbonyl (C=O) groups is 2. The van der Waals surface area contributed by atoms with Crippen LogP contribution in [0.2, 0.25) is 0 Å². The average molecular weight is 572 g/mol. The standard InChI is InChI=1S/C24H37N5O3.HI/c1-3-25-24(29-14-8-9-20(19-29)23(31)32-4-2)26-13-12-22(30)28-17-15-27(16-18-28)21-10-6-5-7-11-21;/h5-7,10-11,20H,3-4,8-9,12-19H2,1-2H3,(H,25,26);1H. The number of ether oxygens (including phenoxy) is 1. The number of amides is 1. The van der Waals surface area contributed by atoms with Crippen molar-refractivity contribution in [2.45, 2.75) is 33.1 Å². The number of carbonyl (C=O) groups excluding carboxylic acids is 2. The van der Waals surface area contributed by atoms with Crippen molar-refractivity contribution in [2.24, 2.45) is 10.9 Å². The number of para-hydroxylation sites is 1. The first-order valence-electron chi connectivity index (χ1n) is 11.9. The summed E-state index contributed by atoms with van der Waals surface area (Å²) in [6.07, 6.45) is 2.18. The Morgan fingerprint density at radius 2 is 1.79 bits per heavy atom. The zero-order valence-corrected chi connectivity index (χ0v) is 22.2. The number of rotatable bonds is 7. The van der Waals surface area contributed by atoms with E-state index in [1.165, 1.54) is 5.69 Å². The molecule has 1 atom stereocenters. The molecule has 1 unspecified atom stereocenters. The molecule has 0 aliphatic carbocycles. The van der Waals surface area contributed by atoms with Crippen LogP contribution in [-0.2, 0) is 14.3 Å². The van der Waals surface area contributed by atoms with Gasteiger partial charge in [0.15, 0.2) is 5.96 Å². The highest BCUT2D eigenvalue weighted by Gasteiger charge is 2.28. The zero-order chi connectivity index (χ0) is 22.8. The van der Waals surface area contributed by atoms with Gasteiger partial charge in [-0.3, -0.25) is 14.6 Å². The van der Waals surface area contributed by atoms with E-state index in [0.717, 1.165) is 58.1 Å². The summed E-state index contributed by atoms with van der Waals surface area (Å²) in [5.41, 5.74) is 1.21. The lowest BCUT2D eigenvalue weighted by Crippen LogP contribution is -2.49. The molecule has 2 fully saturated rings. The van der Waals surface area contributed by atoms with Gasteiger partial charge in [-0.15, -0.1) is 24.0 Å². The first kappa shape index (κ1) is 27.2. The van der Waals surface area contributed by atoms with Crippen LogP contribution >= 0.6 is 24.0 Å². The largest absolute Gasteiger partial charge is 0.466 e. The predicted octanol–water partition coefficient (Wildman–Crippen LogP) is 2.58. The summed E-state index contributed by atoms with van der Waals surface area (Å²) in [4.78, 5) is 35.9. The Hall–Kier alpha value is -2.04. The number of hydrogen-bond acceptors (Lipinski definition) is 5. The molecular weight excluding hydrogens is 533 g/mol. The Morgan fingerprint density at radius 1 is 1.06 bits per heavy atom. The highest BCUT2D eigenvalue weighted by Crippen LogP contribution is 2.18. The highest BCUT2D eigenvalue weighted by atomic mass is 127. The van der Waals surface area contributed by atoms with Crippen molar-refractivity contribution in [3.63, 3.8) is 0 Å². The lowest BCUT2D eigenvalue weighted by Gasteiger charge is -2.36. The lowest BCUT2D eigenvalue weighted by molar-refractivity contribution is -0.149. The van der Waals surface area contributed by atoms with Crippen LogP contribution in [0.4, 0.5) is 5.69 Å². The Balaban J connectivity index is 0.00000385. The molecule has 2 saturated heterocycles. The topological polar surface area (TPSA) is 77.5 Å². The molecule has 1 aromatic carbocycles. The van der Waals surface area contributed by atoms with E-state index in [-0.39, 0.29) is 41.8 Å². The maximum atomic E-state index is 12.7. The van der Waals surface area contributed by atoms with E-state index in [1.54, 1.807) is 0 Å². The maximum Gasteiger partial charge on any atom is 0.310 e. The molecule has 8 nitrogen and oxygen atoms in total. The van der Waals surface area contributed by atoms with Gasteiger partial charge in [0.05, 0.1) is 19.1 Å². The van der Waals surface area contributed by atoms with Crippen LogP contribution in [0.3, 0.4) is 0 Å². The fourth-order valence-electron chi connectivity index (χ4n) is 4.32. The number of anilines is 1. The second-order valence-electron chi connectivity index (χ2n) is 8.23. The molecule has 184 valence electrons. The number of nitrogens with zero attached hydrogens (tertiary/aromatic N) is 4. The summed E-state index contributed by atoms with van der Waals surface area (Å²) >= 11 is 0. The Labute approximate surface area is 214 Å². The minimum Gasteiger partial charge on any atom is -0.466 e. The quantitative estimate of drug-likeness (QED) is 0.235. The van der Waals surface area contributed by atoms with Gasteiger partial charge in [0, 0.05) is 57.9 Å². The normalized spacial score (nSPS) is 19.0. The first-order valence-corrected chi connectivity index (χ1v) is 11.9. The van der Waals surface area contributed by atoms with Gasteiger partial charge in [-0.2, -0.15) is 0 Å². The van der Waals surface area contributed by atoms with Crippen LogP contribution in [0.1, 0.15) is 33.1 Å². The van der Waals surface area contributed by atoms with E-state index < -0.39 is 0 Å². The number of piperidine rings is 1. The van der Waals surface area contributed by atoms with Crippen molar-refractivity contribution in [1.29, 1.82) is 0 Å². The first-order chi connectivity index (χ1) is 15.6. The van der Waals surface area contributed by atoms with Gasteiger partial charge in [-0.25, -0.2) is 0 Å². The van der Waals surface area contributed by atoms with Crippen molar-refractivity contribution in [3.8, 4) is 0 Å². The van der Waals surface area contributed by atoms with Crippen LogP contribution < -0.4 is 10.2 Å². The van der Waals surface area contributed by atoms with Gasteiger partial charge in [0.25, 0.3) is 0 Å². The molecular formula is C24H38IN5O3. The summed E-state index contributed by atoms with van der Waals surface area (Å²) in [5.74, 6) is 0.691. The lowest BCUT2D eigenvalue weighted by atomic mass is 9.98. The Bertz CT molecular complexity index is 769. The van der Waals surface area contributed by atoms with Crippen LogP contribution in [0.25, 0.3) is 0 Å². The van der Waals surface area contributed by atoms with Crippen LogP contribution in [0.15, 0.2) is 35.3 Å². The number of aliphatic imine (C=N–C) groups is 1. The smallest absolute Gasteiger partial charge is 0.310 e. The predicted molar refractivity (Wildman–Crippen MR) is 142 cm³/mol. The third-order valence-corrected chi connectivity index (χ3v) is 6.02. The molecule has 0 saturated carbocycles. The third kappa shape index (κ3) is 8.04. The van der Waals surface area contributed by atoms with Gasteiger partial charge in [0.2, 0.25) is 5.91 Å². The summed E-state index contributed by atoms with van der Waals surface area (Å²) in [6.45, 7) is 10.1. The number of hydrogen-bond donors (Lipinski definition) is 1. The summed E-state index contributed by atoms with van der Waals surface area (Å²) in [5, 5.41) is 3.31. The fourth-order valence-corrected chi connectivity index (χ4v) is 4.32. The molecule has 2 aliphatic rings. The number of benzene rings is 1. The minimum absolute atomic E-state index is 0.